The summed E-state index contributed by atoms with van der Waals surface area (Å²) in [6.07, 6.45) is -7.15. The smallest absolute Gasteiger partial charge is 0.366 e. The lowest BCUT2D eigenvalue weighted by molar-refractivity contribution is -0.162. The number of alkyl halides is 6. The largest absolute Gasteiger partial charge is 0.417 e. The molecule has 2 aromatic heterocycles. The Balaban J connectivity index is 2.09. The molecule has 0 aliphatic heterocycles. The molecule has 3 rings (SSSR count). The van der Waals surface area contributed by atoms with Crippen LogP contribution in [0, 0.1) is 0 Å². The first-order chi connectivity index (χ1) is 14.9. The number of carbonyl (C=O) groups is 1. The van der Waals surface area contributed by atoms with Crippen LogP contribution >= 0.6 is 0 Å². The number of fused-ring (bicyclic) bond motifs is 1. The van der Waals surface area contributed by atoms with Crippen LogP contribution in [0.2, 0.25) is 0 Å². The van der Waals surface area contributed by atoms with Gasteiger partial charge in [0, 0.05) is 6.20 Å². The highest BCUT2D eigenvalue weighted by Crippen LogP contribution is 2.42. The van der Waals surface area contributed by atoms with Gasteiger partial charge in [0.25, 0.3) is 5.91 Å². The lowest BCUT2D eigenvalue weighted by Crippen LogP contribution is -2.19. The second-order valence-electron chi connectivity index (χ2n) is 6.93. The van der Waals surface area contributed by atoms with E-state index in [2.05, 4.69) is 20.3 Å². The molecule has 1 atom stereocenters. The third kappa shape index (κ3) is 4.73. The Morgan fingerprint density at radius 1 is 1.00 bits per heavy atom. The van der Waals surface area contributed by atoms with Gasteiger partial charge in [-0.15, -0.1) is 0 Å². The Hall–Kier alpha value is -3.44. The second-order valence-corrected chi connectivity index (χ2v) is 6.93. The van der Waals surface area contributed by atoms with Gasteiger partial charge in [-0.3, -0.25) is 9.78 Å². The molecule has 0 radical (unpaired) electrons. The summed E-state index contributed by atoms with van der Waals surface area (Å²) in [7, 11) is 0. The molecular weight excluding hydrogens is 440 g/mol. The summed E-state index contributed by atoms with van der Waals surface area (Å²) in [5.74, 6) is -0.658. The molecule has 6 nitrogen and oxygen atoms in total. The fourth-order valence-corrected chi connectivity index (χ4v) is 3.30. The molecule has 32 heavy (non-hydrogen) atoms. The van der Waals surface area contributed by atoms with Crippen LogP contribution in [0.15, 0.2) is 36.8 Å². The lowest BCUT2D eigenvalue weighted by atomic mass is 9.96. The highest BCUT2D eigenvalue weighted by Gasteiger charge is 2.43. The van der Waals surface area contributed by atoms with Crippen molar-refractivity contribution < 1.29 is 31.1 Å². The molecule has 0 aliphatic rings. The third-order valence-electron chi connectivity index (χ3n) is 4.73. The fourth-order valence-electron chi connectivity index (χ4n) is 3.30. The molecule has 0 saturated carbocycles. The van der Waals surface area contributed by atoms with E-state index in [0.717, 1.165) is 12.4 Å². The molecule has 0 aliphatic carbocycles. The SMILES string of the molecule is CCC[C@@H](Nc1ncnc2c(C(N)=O)ccnc12)c1ccc(C(F)(F)F)c(C(F)(F)F)c1. The summed E-state index contributed by atoms with van der Waals surface area (Å²) in [5.41, 5.74) is 2.14. The number of anilines is 1. The molecule has 0 saturated heterocycles. The van der Waals surface area contributed by atoms with Crippen LogP contribution in [0.5, 0.6) is 0 Å². The number of benzene rings is 1. The average molecular weight is 457 g/mol. The van der Waals surface area contributed by atoms with Crippen LogP contribution < -0.4 is 11.1 Å². The first kappa shape index (κ1) is 23.2. The predicted octanol–water partition coefficient (Wildman–Crippen LogP) is 5.11. The van der Waals surface area contributed by atoms with Crippen molar-refractivity contribution in [3.8, 4) is 0 Å². The van der Waals surface area contributed by atoms with Crippen molar-refractivity contribution in [2.24, 2.45) is 5.73 Å². The zero-order chi connectivity index (χ0) is 23.7. The molecule has 0 bridgehead atoms. The van der Waals surface area contributed by atoms with Gasteiger partial charge < -0.3 is 11.1 Å². The van der Waals surface area contributed by atoms with Crippen LogP contribution in [0.1, 0.15) is 52.9 Å². The van der Waals surface area contributed by atoms with E-state index in [1.807, 2.05) is 0 Å². The Morgan fingerprint density at radius 2 is 1.69 bits per heavy atom. The number of amides is 1. The first-order valence-corrected chi connectivity index (χ1v) is 9.37. The molecule has 0 unspecified atom stereocenters. The normalized spacial score (nSPS) is 13.2. The molecule has 0 fully saturated rings. The van der Waals surface area contributed by atoms with Gasteiger partial charge in [-0.1, -0.05) is 19.4 Å². The molecular formula is C20H17F6N5O. The van der Waals surface area contributed by atoms with Crippen LogP contribution in [-0.4, -0.2) is 20.9 Å². The van der Waals surface area contributed by atoms with Crippen molar-refractivity contribution in [3.05, 3.63) is 59.0 Å². The van der Waals surface area contributed by atoms with Crippen LogP contribution in [0.4, 0.5) is 32.2 Å². The maximum atomic E-state index is 13.4. The topological polar surface area (TPSA) is 93.8 Å². The van der Waals surface area contributed by atoms with Gasteiger partial charge in [0.1, 0.15) is 17.4 Å². The summed E-state index contributed by atoms with van der Waals surface area (Å²) in [4.78, 5) is 23.8. The summed E-state index contributed by atoms with van der Waals surface area (Å²) < 4.78 is 79.4. The molecule has 0 spiro atoms. The van der Waals surface area contributed by atoms with Crippen molar-refractivity contribution in [1.82, 2.24) is 15.0 Å². The lowest BCUT2D eigenvalue weighted by Gasteiger charge is -2.23. The zero-order valence-corrected chi connectivity index (χ0v) is 16.6. The van der Waals surface area contributed by atoms with Crippen molar-refractivity contribution >= 4 is 22.8 Å². The van der Waals surface area contributed by atoms with E-state index >= 15 is 0 Å². The predicted molar refractivity (Wildman–Crippen MR) is 104 cm³/mol. The maximum absolute atomic E-state index is 13.4. The number of nitrogens with one attached hydrogen (secondary N) is 1. The standard InChI is InChI=1S/C20H17F6N5O/c1-2-3-14(10-4-5-12(19(21,22)23)13(8-10)20(24,25)26)31-18-16-15(29-9-30-18)11(17(27)32)6-7-28-16/h4-9,14H,2-3H2,1H3,(H2,27,32)(H,29,30,31)/t14-/m1/s1. The van der Waals surface area contributed by atoms with Crippen LogP contribution in [0.25, 0.3) is 11.0 Å². The minimum atomic E-state index is -5.20. The maximum Gasteiger partial charge on any atom is 0.417 e. The number of nitrogens with zero attached hydrogens (tertiary/aromatic N) is 3. The zero-order valence-electron chi connectivity index (χ0n) is 16.6. The van der Waals surface area contributed by atoms with Crippen LogP contribution in [0.3, 0.4) is 0 Å². The molecule has 170 valence electrons. The average Bonchev–Trinajstić information content (AvgIpc) is 2.71. The number of hydrogen-bond donors (Lipinski definition) is 2. The Kier molecular flexibility index (Phi) is 6.24. The molecule has 2 heterocycles. The molecule has 1 amide bonds. The number of nitrogens with two attached hydrogens (primary N) is 1. The Bertz CT molecular complexity index is 1150. The number of pyridine rings is 1. The van der Waals surface area contributed by atoms with Gasteiger partial charge in [0.05, 0.1) is 22.7 Å². The van der Waals surface area contributed by atoms with Gasteiger partial charge in [-0.2, -0.15) is 26.3 Å². The van der Waals surface area contributed by atoms with E-state index < -0.39 is 35.4 Å². The Morgan fingerprint density at radius 3 is 2.28 bits per heavy atom. The van der Waals surface area contributed by atoms with Crippen molar-refractivity contribution in [2.45, 2.75) is 38.2 Å². The quantitative estimate of drug-likeness (QED) is 0.502. The summed E-state index contributed by atoms with van der Waals surface area (Å²) in [6.45, 7) is 1.77. The number of hydrogen-bond acceptors (Lipinski definition) is 5. The van der Waals surface area contributed by atoms with E-state index in [9.17, 15) is 31.1 Å². The van der Waals surface area contributed by atoms with Crippen molar-refractivity contribution in [3.63, 3.8) is 0 Å². The third-order valence-corrected chi connectivity index (χ3v) is 4.73. The first-order valence-electron chi connectivity index (χ1n) is 9.37. The van der Waals surface area contributed by atoms with E-state index in [4.69, 9.17) is 5.73 Å². The van der Waals surface area contributed by atoms with E-state index in [0.29, 0.717) is 18.6 Å². The number of aromatic nitrogens is 3. The fraction of sp³-hybridized carbons (Fsp3) is 0.300. The number of primary amides is 1. The van der Waals surface area contributed by atoms with Gasteiger partial charge in [-0.25, -0.2) is 9.97 Å². The minimum Gasteiger partial charge on any atom is -0.366 e. The number of rotatable bonds is 6. The van der Waals surface area contributed by atoms with Gasteiger partial charge in [0.15, 0.2) is 5.82 Å². The van der Waals surface area contributed by atoms with Crippen LogP contribution in [-0.2, 0) is 12.4 Å². The van der Waals surface area contributed by atoms with Gasteiger partial charge >= 0.3 is 12.4 Å². The summed E-state index contributed by atoms with van der Waals surface area (Å²) in [5, 5.41) is 2.93. The van der Waals surface area contributed by atoms with Crippen molar-refractivity contribution in [1.29, 1.82) is 0 Å². The highest BCUT2D eigenvalue weighted by molar-refractivity contribution is 6.05. The van der Waals surface area contributed by atoms with E-state index in [1.165, 1.54) is 12.3 Å². The van der Waals surface area contributed by atoms with Gasteiger partial charge in [0.2, 0.25) is 0 Å². The monoisotopic (exact) mass is 457 g/mol. The van der Waals surface area contributed by atoms with E-state index in [1.54, 1.807) is 6.92 Å². The Labute approximate surface area is 177 Å². The molecule has 3 aromatic rings. The van der Waals surface area contributed by atoms with Gasteiger partial charge in [-0.05, 0) is 30.2 Å². The summed E-state index contributed by atoms with van der Waals surface area (Å²) >= 11 is 0. The number of carbonyl (C=O) groups excluding carboxylic acids is 1. The minimum absolute atomic E-state index is 0.00927. The highest BCUT2D eigenvalue weighted by atomic mass is 19.4. The number of halogens is 6. The molecule has 1 aromatic carbocycles. The van der Waals surface area contributed by atoms with Crippen molar-refractivity contribution in [2.75, 3.05) is 5.32 Å². The summed E-state index contributed by atoms with van der Waals surface area (Å²) in [6, 6.07) is 2.44. The molecule has 12 heteroatoms. The van der Waals surface area contributed by atoms with E-state index in [-0.39, 0.29) is 34.4 Å². The second kappa shape index (κ2) is 8.60. The molecule has 3 N–H and O–H groups in total.